The summed E-state index contributed by atoms with van der Waals surface area (Å²) in [5.74, 6) is 0.225. The van der Waals surface area contributed by atoms with E-state index in [-0.39, 0.29) is 42.2 Å². The number of esters is 2. The summed E-state index contributed by atoms with van der Waals surface area (Å²) in [6.45, 7) is 6.41. The summed E-state index contributed by atoms with van der Waals surface area (Å²) in [5.41, 5.74) is 1.85. The van der Waals surface area contributed by atoms with E-state index in [1.54, 1.807) is 37.3 Å². The highest BCUT2D eigenvalue weighted by Crippen LogP contribution is 2.65. The fourth-order valence-corrected chi connectivity index (χ4v) is 8.73. The van der Waals surface area contributed by atoms with Gasteiger partial charge in [-0.15, -0.1) is 0 Å². The molecule has 3 fully saturated rings. The van der Waals surface area contributed by atoms with Crippen LogP contribution in [-0.4, -0.2) is 47.5 Å². The molecule has 4 aliphatic rings. The normalized spacial score (nSPS) is 33.2. The molecule has 0 bridgehead atoms. The van der Waals surface area contributed by atoms with E-state index < -0.39 is 30.0 Å². The quantitative estimate of drug-likeness (QED) is 0.396. The Balaban J connectivity index is 1.17. The van der Waals surface area contributed by atoms with Crippen LogP contribution < -0.4 is 5.32 Å². The first-order chi connectivity index (χ1) is 20.1. The van der Waals surface area contributed by atoms with E-state index in [1.165, 1.54) is 5.57 Å². The van der Waals surface area contributed by atoms with Crippen LogP contribution >= 0.6 is 0 Å². The zero-order chi connectivity index (χ0) is 30.1. The molecule has 0 spiro atoms. The number of carbonyl (C=O) groups excluding carboxylic acids is 4. The lowest BCUT2D eigenvalue weighted by molar-refractivity contribution is -0.160. The number of benzene rings is 1. The summed E-state index contributed by atoms with van der Waals surface area (Å²) in [7, 11) is 0. The third kappa shape index (κ3) is 5.79. The number of fused-ring (bicyclic) bond motifs is 5. The van der Waals surface area contributed by atoms with Gasteiger partial charge in [-0.05, 0) is 86.7 Å². The van der Waals surface area contributed by atoms with Gasteiger partial charge in [0.2, 0.25) is 5.91 Å². The first-order valence-corrected chi connectivity index (χ1v) is 15.7. The van der Waals surface area contributed by atoms with Crippen LogP contribution in [0.15, 0.2) is 42.0 Å². The molecule has 0 saturated heterocycles. The van der Waals surface area contributed by atoms with Crippen molar-refractivity contribution in [2.45, 2.75) is 103 Å². The molecule has 1 aromatic carbocycles. The number of nitrogens with one attached hydrogen (secondary N) is 1. The minimum absolute atomic E-state index is 0.0874. The molecule has 8 heteroatoms. The molecule has 3 saturated carbocycles. The summed E-state index contributed by atoms with van der Waals surface area (Å²) in [4.78, 5) is 50.4. The second-order valence-electron chi connectivity index (χ2n) is 13.2. The molecule has 0 heterocycles. The van der Waals surface area contributed by atoms with Gasteiger partial charge in [0.25, 0.3) is 0 Å². The van der Waals surface area contributed by atoms with Crippen molar-refractivity contribution in [3.8, 4) is 0 Å². The highest BCUT2D eigenvalue weighted by Gasteiger charge is 2.60. The van der Waals surface area contributed by atoms with Crippen molar-refractivity contribution < 1.29 is 33.8 Å². The molecule has 42 heavy (non-hydrogen) atoms. The zero-order valence-corrected chi connectivity index (χ0v) is 25.1. The number of carbonyl (C=O) groups is 4. The van der Waals surface area contributed by atoms with Gasteiger partial charge in [0, 0.05) is 18.3 Å². The van der Waals surface area contributed by atoms with Crippen LogP contribution in [0.4, 0.5) is 0 Å². The lowest BCUT2D eigenvalue weighted by Gasteiger charge is -2.57. The molecule has 4 aliphatic carbocycles. The van der Waals surface area contributed by atoms with Crippen molar-refractivity contribution in [3.63, 3.8) is 0 Å². The molecule has 2 N–H and O–H groups in total. The zero-order valence-electron chi connectivity index (χ0n) is 25.1. The summed E-state index contributed by atoms with van der Waals surface area (Å²) in [6, 6.07) is 7.32. The number of hydrogen-bond acceptors (Lipinski definition) is 7. The van der Waals surface area contributed by atoms with Crippen LogP contribution in [0.25, 0.3) is 0 Å². The Labute approximate surface area is 248 Å². The van der Waals surface area contributed by atoms with Gasteiger partial charge in [-0.1, -0.05) is 49.8 Å². The van der Waals surface area contributed by atoms with E-state index >= 15 is 0 Å². The highest BCUT2D eigenvalue weighted by atomic mass is 16.5. The minimum Gasteiger partial charge on any atom is -0.464 e. The molecule has 0 aliphatic heterocycles. The van der Waals surface area contributed by atoms with E-state index in [9.17, 15) is 24.3 Å². The smallest absolute Gasteiger partial charge is 0.331 e. The monoisotopic (exact) mass is 579 g/mol. The maximum atomic E-state index is 13.0. The highest BCUT2D eigenvalue weighted by molar-refractivity contribution is 5.91. The third-order valence-corrected chi connectivity index (χ3v) is 11.0. The van der Waals surface area contributed by atoms with Crippen LogP contribution in [0.3, 0.4) is 0 Å². The van der Waals surface area contributed by atoms with Gasteiger partial charge in [0.1, 0.15) is 12.2 Å². The van der Waals surface area contributed by atoms with E-state index in [2.05, 4.69) is 19.2 Å². The van der Waals surface area contributed by atoms with Crippen molar-refractivity contribution in [2.24, 2.45) is 28.6 Å². The SMILES string of the molecule is CCOC(=O)[C@@H](NC(=O)CCC(=O)O[C@@H]1CC[C@H]2[C@@H]3CCC4=CC(=O)CC[C@]4(C)[C@H]3CC[C@]12C)[C@@H](O)c1ccccc1. The van der Waals surface area contributed by atoms with Crippen LogP contribution in [0.5, 0.6) is 0 Å². The van der Waals surface area contributed by atoms with E-state index in [4.69, 9.17) is 9.47 Å². The summed E-state index contributed by atoms with van der Waals surface area (Å²) in [5, 5.41) is 13.3. The van der Waals surface area contributed by atoms with Gasteiger partial charge in [-0.2, -0.15) is 0 Å². The summed E-state index contributed by atoms with van der Waals surface area (Å²) < 4.78 is 11.1. The second-order valence-corrected chi connectivity index (χ2v) is 13.2. The van der Waals surface area contributed by atoms with Crippen LogP contribution in [0.1, 0.15) is 96.6 Å². The molecule has 0 radical (unpaired) electrons. The van der Waals surface area contributed by atoms with Crippen LogP contribution in [-0.2, 0) is 28.7 Å². The molecule has 0 unspecified atom stereocenters. The minimum atomic E-state index is -1.28. The average Bonchev–Trinajstić information content (AvgIpc) is 3.31. The van der Waals surface area contributed by atoms with Gasteiger partial charge in [-0.3, -0.25) is 14.4 Å². The van der Waals surface area contributed by atoms with Gasteiger partial charge in [-0.25, -0.2) is 4.79 Å². The number of amides is 1. The first-order valence-electron chi connectivity index (χ1n) is 15.7. The Bertz CT molecular complexity index is 1230. The van der Waals surface area contributed by atoms with Crippen molar-refractivity contribution in [1.82, 2.24) is 5.32 Å². The maximum absolute atomic E-state index is 13.0. The van der Waals surface area contributed by atoms with Crippen LogP contribution in [0, 0.1) is 28.6 Å². The Morgan fingerprint density at radius 1 is 1.00 bits per heavy atom. The number of ketones is 1. The molecule has 228 valence electrons. The molecule has 0 aromatic heterocycles. The lowest BCUT2D eigenvalue weighted by atomic mass is 9.47. The number of aliphatic hydroxyl groups excluding tert-OH is 1. The molecular formula is C34H45NO7. The van der Waals surface area contributed by atoms with Crippen molar-refractivity contribution in [3.05, 3.63) is 47.5 Å². The fourth-order valence-electron chi connectivity index (χ4n) is 8.73. The Morgan fingerprint density at radius 3 is 2.50 bits per heavy atom. The van der Waals surface area contributed by atoms with Crippen LogP contribution in [0.2, 0.25) is 0 Å². The standard InChI is InChI=1S/C34H45NO7/c1-4-41-32(40)30(31(39)21-8-6-5-7-9-21)35-28(37)14-15-29(38)42-27-13-12-25-24-11-10-22-20-23(36)16-18-33(22,2)26(24)17-19-34(25,27)3/h5-9,20,24-27,30-31,39H,4,10-19H2,1-3H3,(H,35,37)/t24-,25-,26-,27+,30-,31-,33-,34-/m0/s1. The van der Waals surface area contributed by atoms with Gasteiger partial charge in [0.05, 0.1) is 13.0 Å². The Kier molecular flexibility index (Phi) is 8.93. The molecule has 1 amide bonds. The topological polar surface area (TPSA) is 119 Å². The maximum Gasteiger partial charge on any atom is 0.331 e. The largest absolute Gasteiger partial charge is 0.464 e. The molecule has 5 rings (SSSR count). The third-order valence-electron chi connectivity index (χ3n) is 11.0. The number of ether oxygens (including phenoxy) is 2. The van der Waals surface area contributed by atoms with Gasteiger partial charge >= 0.3 is 11.9 Å². The molecule has 8 nitrogen and oxygen atoms in total. The molecule has 1 aromatic rings. The Hall–Kier alpha value is -3.00. The van der Waals surface area contributed by atoms with Crippen molar-refractivity contribution >= 4 is 23.6 Å². The number of allylic oxidation sites excluding steroid dienone is 1. The lowest BCUT2D eigenvalue weighted by Crippen LogP contribution is -2.51. The number of rotatable bonds is 9. The summed E-state index contributed by atoms with van der Waals surface area (Å²) >= 11 is 0. The second kappa shape index (κ2) is 12.3. The predicted molar refractivity (Wildman–Crippen MR) is 156 cm³/mol. The van der Waals surface area contributed by atoms with Crippen molar-refractivity contribution in [1.29, 1.82) is 0 Å². The molecular weight excluding hydrogens is 534 g/mol. The van der Waals surface area contributed by atoms with Gasteiger partial charge in [0.15, 0.2) is 11.8 Å². The molecule has 8 atom stereocenters. The predicted octanol–water partition coefficient (Wildman–Crippen LogP) is 4.99. The number of aliphatic hydroxyl groups is 1. The Morgan fingerprint density at radius 2 is 1.76 bits per heavy atom. The summed E-state index contributed by atoms with van der Waals surface area (Å²) in [6.07, 6.45) is 7.81. The van der Waals surface area contributed by atoms with E-state index in [0.717, 1.165) is 44.9 Å². The number of hydrogen-bond donors (Lipinski definition) is 2. The van der Waals surface area contributed by atoms with Gasteiger partial charge < -0.3 is 19.9 Å². The average molecular weight is 580 g/mol. The van der Waals surface area contributed by atoms with Crippen molar-refractivity contribution in [2.75, 3.05) is 6.61 Å². The van der Waals surface area contributed by atoms with E-state index in [1.807, 2.05) is 6.08 Å². The van der Waals surface area contributed by atoms with E-state index in [0.29, 0.717) is 29.7 Å². The fraction of sp³-hybridized carbons (Fsp3) is 0.647. The first kappa shape index (κ1) is 30.5.